The lowest BCUT2D eigenvalue weighted by Crippen LogP contribution is -2.23. The van der Waals surface area contributed by atoms with Crippen LogP contribution in [0.25, 0.3) is 0 Å². The van der Waals surface area contributed by atoms with Gasteiger partial charge in [0.2, 0.25) is 5.88 Å². The molecule has 0 saturated carbocycles. The number of rotatable bonds is 7. The molecule has 7 heteroatoms. The second kappa shape index (κ2) is 8.17. The molecule has 0 bridgehead atoms. The minimum Gasteiger partial charge on any atom is -0.471 e. The van der Waals surface area contributed by atoms with Gasteiger partial charge in [-0.15, -0.1) is 0 Å². The van der Waals surface area contributed by atoms with E-state index in [0.717, 1.165) is 11.1 Å². The van der Waals surface area contributed by atoms with Crippen LogP contribution in [0.1, 0.15) is 28.4 Å². The molecule has 2 aromatic rings. The highest BCUT2D eigenvalue weighted by Gasteiger charge is 2.10. The standard InChI is InChI=1S/C16H17F2N3O2/c1-2-12-7-11(9-21-16(12)23-10-14(17)18)8-20-15(22)13-3-5-19-6-4-13/h3-7,9,14H,2,8,10H2,1H3,(H,20,22). The highest BCUT2D eigenvalue weighted by molar-refractivity contribution is 5.93. The molecule has 1 amide bonds. The summed E-state index contributed by atoms with van der Waals surface area (Å²) in [6.45, 7) is 1.49. The van der Waals surface area contributed by atoms with Crippen LogP contribution in [0.15, 0.2) is 36.8 Å². The van der Waals surface area contributed by atoms with Crippen molar-refractivity contribution in [1.82, 2.24) is 15.3 Å². The summed E-state index contributed by atoms with van der Waals surface area (Å²) < 4.78 is 29.4. The predicted octanol–water partition coefficient (Wildman–Crippen LogP) is 2.61. The van der Waals surface area contributed by atoms with Crippen molar-refractivity contribution >= 4 is 5.91 Å². The van der Waals surface area contributed by atoms with E-state index in [1.54, 1.807) is 30.6 Å². The highest BCUT2D eigenvalue weighted by atomic mass is 19.3. The molecule has 2 heterocycles. The first-order valence-corrected chi connectivity index (χ1v) is 7.17. The van der Waals surface area contributed by atoms with Crippen LogP contribution < -0.4 is 10.1 Å². The Bertz CT molecular complexity index is 651. The number of halogens is 2. The second-order valence-corrected chi connectivity index (χ2v) is 4.78. The van der Waals surface area contributed by atoms with Gasteiger partial charge in [-0.2, -0.15) is 0 Å². The van der Waals surface area contributed by atoms with Crippen molar-refractivity contribution in [2.75, 3.05) is 6.61 Å². The van der Waals surface area contributed by atoms with E-state index in [0.29, 0.717) is 12.0 Å². The number of carbonyl (C=O) groups is 1. The topological polar surface area (TPSA) is 64.1 Å². The number of amides is 1. The van der Waals surface area contributed by atoms with E-state index in [-0.39, 0.29) is 18.3 Å². The van der Waals surface area contributed by atoms with Crippen LogP contribution in [-0.4, -0.2) is 28.9 Å². The van der Waals surface area contributed by atoms with Gasteiger partial charge in [0, 0.05) is 36.3 Å². The minimum atomic E-state index is -2.54. The Labute approximate surface area is 132 Å². The molecule has 2 aromatic heterocycles. The lowest BCUT2D eigenvalue weighted by atomic mass is 10.1. The number of hydrogen-bond donors (Lipinski definition) is 1. The molecule has 0 aliphatic rings. The fourth-order valence-corrected chi connectivity index (χ4v) is 1.96. The average molecular weight is 321 g/mol. The maximum atomic E-state index is 12.2. The van der Waals surface area contributed by atoms with E-state index < -0.39 is 13.0 Å². The third-order valence-corrected chi connectivity index (χ3v) is 3.10. The Morgan fingerprint density at radius 1 is 1.35 bits per heavy atom. The Hall–Kier alpha value is -2.57. The summed E-state index contributed by atoms with van der Waals surface area (Å²) in [5, 5.41) is 2.77. The van der Waals surface area contributed by atoms with Crippen molar-refractivity contribution in [3.05, 3.63) is 53.5 Å². The Morgan fingerprint density at radius 2 is 2.09 bits per heavy atom. The lowest BCUT2D eigenvalue weighted by molar-refractivity contribution is 0.0790. The zero-order valence-corrected chi connectivity index (χ0v) is 12.6. The number of hydrogen-bond acceptors (Lipinski definition) is 4. The maximum Gasteiger partial charge on any atom is 0.272 e. The lowest BCUT2D eigenvalue weighted by Gasteiger charge is -2.11. The molecule has 0 saturated heterocycles. The summed E-state index contributed by atoms with van der Waals surface area (Å²) in [6.07, 6.45) is 2.65. The molecule has 0 unspecified atom stereocenters. The highest BCUT2D eigenvalue weighted by Crippen LogP contribution is 2.18. The van der Waals surface area contributed by atoms with Gasteiger partial charge in [0.05, 0.1) is 0 Å². The molecular formula is C16H17F2N3O2. The maximum absolute atomic E-state index is 12.2. The molecule has 0 fully saturated rings. The first-order valence-electron chi connectivity index (χ1n) is 7.17. The van der Waals surface area contributed by atoms with Crippen LogP contribution >= 0.6 is 0 Å². The Balaban J connectivity index is 1.99. The first kappa shape index (κ1) is 16.8. The van der Waals surface area contributed by atoms with Gasteiger partial charge in [0.15, 0.2) is 6.61 Å². The zero-order valence-electron chi connectivity index (χ0n) is 12.6. The summed E-state index contributed by atoms with van der Waals surface area (Å²) in [5.74, 6) is -0.0134. The third kappa shape index (κ3) is 4.98. The molecule has 122 valence electrons. The van der Waals surface area contributed by atoms with E-state index in [4.69, 9.17) is 4.74 Å². The second-order valence-electron chi connectivity index (χ2n) is 4.78. The third-order valence-electron chi connectivity index (χ3n) is 3.10. The summed E-state index contributed by atoms with van der Waals surface area (Å²) >= 11 is 0. The summed E-state index contributed by atoms with van der Waals surface area (Å²) in [7, 11) is 0. The number of alkyl halides is 2. The molecule has 0 atom stereocenters. The summed E-state index contributed by atoms with van der Waals surface area (Å²) in [5.41, 5.74) is 2.01. The molecule has 1 N–H and O–H groups in total. The number of nitrogens with zero attached hydrogens (tertiary/aromatic N) is 2. The number of aromatic nitrogens is 2. The van der Waals surface area contributed by atoms with Crippen LogP contribution in [0.2, 0.25) is 0 Å². The number of ether oxygens (including phenoxy) is 1. The van der Waals surface area contributed by atoms with Gasteiger partial charge in [-0.05, 0) is 30.2 Å². The number of pyridine rings is 2. The molecule has 0 aliphatic carbocycles. The normalized spacial score (nSPS) is 10.6. The first-order chi connectivity index (χ1) is 11.1. The van der Waals surface area contributed by atoms with Crippen LogP contribution in [0.5, 0.6) is 5.88 Å². The largest absolute Gasteiger partial charge is 0.471 e. The number of carbonyl (C=O) groups excluding carboxylic acids is 1. The van der Waals surface area contributed by atoms with Crippen molar-refractivity contribution in [3.63, 3.8) is 0 Å². The van der Waals surface area contributed by atoms with E-state index >= 15 is 0 Å². The van der Waals surface area contributed by atoms with Crippen LogP contribution in [0.3, 0.4) is 0 Å². The molecule has 0 radical (unpaired) electrons. The summed E-state index contributed by atoms with van der Waals surface area (Å²) in [6, 6.07) is 5.03. The number of aryl methyl sites for hydroxylation is 1. The summed E-state index contributed by atoms with van der Waals surface area (Å²) in [4.78, 5) is 19.9. The van der Waals surface area contributed by atoms with Crippen molar-refractivity contribution < 1.29 is 18.3 Å². The van der Waals surface area contributed by atoms with Crippen molar-refractivity contribution in [2.24, 2.45) is 0 Å². The van der Waals surface area contributed by atoms with Gasteiger partial charge < -0.3 is 10.1 Å². The number of nitrogens with one attached hydrogen (secondary N) is 1. The van der Waals surface area contributed by atoms with Crippen LogP contribution in [0.4, 0.5) is 8.78 Å². The van der Waals surface area contributed by atoms with Gasteiger partial charge in [-0.3, -0.25) is 9.78 Å². The predicted molar refractivity (Wildman–Crippen MR) is 80.5 cm³/mol. The molecule has 0 aromatic carbocycles. The van der Waals surface area contributed by atoms with E-state index in [1.807, 2.05) is 6.92 Å². The van der Waals surface area contributed by atoms with Crippen LogP contribution in [0, 0.1) is 0 Å². The molecular weight excluding hydrogens is 304 g/mol. The van der Waals surface area contributed by atoms with Gasteiger partial charge >= 0.3 is 0 Å². The Kier molecular flexibility index (Phi) is 5.96. The van der Waals surface area contributed by atoms with Crippen molar-refractivity contribution in [2.45, 2.75) is 26.3 Å². The van der Waals surface area contributed by atoms with Crippen molar-refractivity contribution in [1.29, 1.82) is 0 Å². The molecule has 0 aliphatic heterocycles. The monoisotopic (exact) mass is 321 g/mol. The van der Waals surface area contributed by atoms with Crippen LogP contribution in [-0.2, 0) is 13.0 Å². The smallest absolute Gasteiger partial charge is 0.272 e. The average Bonchev–Trinajstić information content (AvgIpc) is 2.58. The zero-order chi connectivity index (χ0) is 16.7. The van der Waals surface area contributed by atoms with Gasteiger partial charge in [-0.1, -0.05) is 6.92 Å². The minimum absolute atomic E-state index is 0.206. The van der Waals surface area contributed by atoms with Gasteiger partial charge in [0.1, 0.15) is 0 Å². The molecule has 5 nitrogen and oxygen atoms in total. The van der Waals surface area contributed by atoms with Gasteiger partial charge in [0.25, 0.3) is 12.3 Å². The quantitative estimate of drug-likeness (QED) is 0.851. The van der Waals surface area contributed by atoms with E-state index in [2.05, 4.69) is 15.3 Å². The van der Waals surface area contributed by atoms with E-state index in [9.17, 15) is 13.6 Å². The fraction of sp³-hybridized carbons (Fsp3) is 0.312. The fourth-order valence-electron chi connectivity index (χ4n) is 1.96. The SMILES string of the molecule is CCc1cc(CNC(=O)c2ccncc2)cnc1OCC(F)F. The van der Waals surface area contributed by atoms with Crippen molar-refractivity contribution in [3.8, 4) is 5.88 Å². The Morgan fingerprint density at radius 3 is 2.74 bits per heavy atom. The molecule has 2 rings (SSSR count). The molecule has 0 spiro atoms. The molecule has 23 heavy (non-hydrogen) atoms. The van der Waals surface area contributed by atoms with Gasteiger partial charge in [-0.25, -0.2) is 13.8 Å². The van der Waals surface area contributed by atoms with E-state index in [1.165, 1.54) is 6.20 Å².